The zero-order valence-electron chi connectivity index (χ0n) is 16.6. The smallest absolute Gasteiger partial charge is 0.277 e. The van der Waals surface area contributed by atoms with Gasteiger partial charge in [-0.1, -0.05) is 42.0 Å². The van der Waals surface area contributed by atoms with Gasteiger partial charge in [0.1, 0.15) is 18.1 Å². The zero-order valence-corrected chi connectivity index (χ0v) is 16.6. The molecule has 1 N–H and O–H groups in total. The van der Waals surface area contributed by atoms with Gasteiger partial charge in [0.15, 0.2) is 6.61 Å². The van der Waals surface area contributed by atoms with Crippen LogP contribution in [-0.4, -0.2) is 18.7 Å². The van der Waals surface area contributed by atoms with Gasteiger partial charge in [0.25, 0.3) is 5.91 Å². The highest BCUT2D eigenvalue weighted by Crippen LogP contribution is 2.14. The van der Waals surface area contributed by atoms with Crippen LogP contribution in [-0.2, 0) is 11.4 Å². The number of amides is 1. The summed E-state index contributed by atoms with van der Waals surface area (Å²) in [5.74, 6) is 1.12. The number of nitrogens with zero attached hydrogens (tertiary/aromatic N) is 1. The Labute approximate surface area is 171 Å². The van der Waals surface area contributed by atoms with Gasteiger partial charge in [-0.25, -0.2) is 5.43 Å². The minimum absolute atomic E-state index is 0.0907. The van der Waals surface area contributed by atoms with Gasteiger partial charge in [0.2, 0.25) is 0 Å². The van der Waals surface area contributed by atoms with Crippen LogP contribution >= 0.6 is 0 Å². The highest BCUT2D eigenvalue weighted by molar-refractivity contribution is 5.83. The number of aryl methyl sites for hydroxylation is 2. The van der Waals surface area contributed by atoms with E-state index in [2.05, 4.69) is 41.7 Å². The third-order valence-corrected chi connectivity index (χ3v) is 4.17. The van der Waals surface area contributed by atoms with Gasteiger partial charge in [-0.2, -0.15) is 5.10 Å². The Balaban J connectivity index is 1.42. The molecule has 0 radical (unpaired) electrons. The molecule has 5 nitrogen and oxygen atoms in total. The average molecular weight is 388 g/mol. The summed E-state index contributed by atoms with van der Waals surface area (Å²) in [4.78, 5) is 11.8. The molecule has 0 aliphatic rings. The van der Waals surface area contributed by atoms with Crippen LogP contribution in [0.25, 0.3) is 0 Å². The predicted octanol–water partition coefficient (Wildman–Crippen LogP) is 4.41. The molecule has 0 heterocycles. The van der Waals surface area contributed by atoms with Crippen molar-refractivity contribution in [1.82, 2.24) is 5.43 Å². The third-order valence-electron chi connectivity index (χ3n) is 4.17. The summed E-state index contributed by atoms with van der Waals surface area (Å²) in [5.41, 5.74) is 6.74. The van der Waals surface area contributed by atoms with Crippen LogP contribution in [0.1, 0.15) is 22.3 Å². The van der Waals surface area contributed by atoms with Crippen molar-refractivity contribution in [3.63, 3.8) is 0 Å². The van der Waals surface area contributed by atoms with Gasteiger partial charge in [0, 0.05) is 0 Å². The quantitative estimate of drug-likeness (QED) is 0.459. The van der Waals surface area contributed by atoms with Crippen LogP contribution in [0.4, 0.5) is 0 Å². The molecule has 1 amide bonds. The molecule has 0 saturated carbocycles. The normalized spacial score (nSPS) is 10.7. The van der Waals surface area contributed by atoms with Crippen molar-refractivity contribution in [3.05, 3.63) is 95.1 Å². The second-order valence-electron chi connectivity index (χ2n) is 6.74. The number of hydrogen-bond donors (Lipinski definition) is 1. The number of ether oxygens (including phenoxy) is 2. The van der Waals surface area contributed by atoms with E-state index in [9.17, 15) is 4.79 Å². The number of hydrazone groups is 1. The molecule has 29 heavy (non-hydrogen) atoms. The minimum atomic E-state index is -0.319. The summed E-state index contributed by atoms with van der Waals surface area (Å²) >= 11 is 0. The molecule has 148 valence electrons. The van der Waals surface area contributed by atoms with Gasteiger partial charge in [-0.3, -0.25) is 4.79 Å². The fourth-order valence-corrected chi connectivity index (χ4v) is 2.57. The Kier molecular flexibility index (Phi) is 7.00. The second-order valence-corrected chi connectivity index (χ2v) is 6.74. The maximum Gasteiger partial charge on any atom is 0.277 e. The van der Waals surface area contributed by atoms with Crippen LogP contribution in [0.3, 0.4) is 0 Å². The summed E-state index contributed by atoms with van der Waals surface area (Å²) in [6.07, 6.45) is 1.58. The van der Waals surface area contributed by atoms with E-state index in [0.717, 1.165) is 22.4 Å². The number of benzene rings is 3. The van der Waals surface area contributed by atoms with E-state index in [1.165, 1.54) is 5.56 Å². The van der Waals surface area contributed by atoms with Crippen LogP contribution in [0.15, 0.2) is 77.9 Å². The predicted molar refractivity (Wildman–Crippen MR) is 114 cm³/mol. The minimum Gasteiger partial charge on any atom is -0.489 e. The first kappa shape index (κ1) is 20.1. The fraction of sp³-hybridized carbons (Fsp3) is 0.167. The van der Waals surface area contributed by atoms with E-state index in [-0.39, 0.29) is 12.5 Å². The largest absolute Gasteiger partial charge is 0.489 e. The van der Waals surface area contributed by atoms with Crippen molar-refractivity contribution >= 4 is 12.1 Å². The summed E-state index contributed by atoms with van der Waals surface area (Å²) in [7, 11) is 0. The first-order valence-electron chi connectivity index (χ1n) is 9.38. The lowest BCUT2D eigenvalue weighted by atomic mass is 10.2. The molecule has 3 aromatic rings. The average Bonchev–Trinajstić information content (AvgIpc) is 2.73. The lowest BCUT2D eigenvalue weighted by molar-refractivity contribution is -0.123. The van der Waals surface area contributed by atoms with Crippen molar-refractivity contribution in [2.75, 3.05) is 6.61 Å². The highest BCUT2D eigenvalue weighted by Gasteiger charge is 2.01. The summed E-state index contributed by atoms with van der Waals surface area (Å²) in [6.45, 7) is 4.46. The van der Waals surface area contributed by atoms with E-state index < -0.39 is 0 Å². The topological polar surface area (TPSA) is 59.9 Å². The Bertz CT molecular complexity index is 964. The molecule has 0 aliphatic heterocycles. The lowest BCUT2D eigenvalue weighted by Gasteiger charge is -2.07. The van der Waals surface area contributed by atoms with Crippen molar-refractivity contribution < 1.29 is 14.3 Å². The number of carbonyl (C=O) groups excluding carboxylic acids is 1. The Morgan fingerprint density at radius 3 is 2.38 bits per heavy atom. The molecule has 0 spiro atoms. The van der Waals surface area contributed by atoms with Crippen LogP contribution in [0.5, 0.6) is 11.5 Å². The maximum atomic E-state index is 11.8. The molecular formula is C24H24N2O3. The number of carbonyl (C=O) groups is 1. The first-order valence-corrected chi connectivity index (χ1v) is 9.38. The Morgan fingerprint density at radius 1 is 0.897 bits per heavy atom. The lowest BCUT2D eigenvalue weighted by Crippen LogP contribution is -2.24. The standard InChI is InChI=1S/C24H24N2O3/c1-18-6-8-21(9-7-18)16-28-22-12-10-20(11-13-22)15-25-26-24(27)17-29-23-5-3-4-19(2)14-23/h3-15H,16-17H2,1-2H3,(H,26,27)/b25-15-. The van der Waals surface area contributed by atoms with Gasteiger partial charge in [-0.05, 0) is 66.9 Å². The van der Waals surface area contributed by atoms with Crippen LogP contribution in [0.2, 0.25) is 0 Å². The molecule has 5 heteroatoms. The monoisotopic (exact) mass is 388 g/mol. The summed E-state index contributed by atoms with van der Waals surface area (Å²) < 4.78 is 11.2. The van der Waals surface area contributed by atoms with Gasteiger partial charge in [0.05, 0.1) is 6.21 Å². The number of nitrogens with one attached hydrogen (secondary N) is 1. The Hall–Kier alpha value is -3.60. The second kappa shape index (κ2) is 10.1. The fourth-order valence-electron chi connectivity index (χ4n) is 2.57. The van der Waals surface area contributed by atoms with Crippen LogP contribution < -0.4 is 14.9 Å². The SMILES string of the molecule is Cc1ccc(COc2ccc(/C=N\NC(=O)COc3cccc(C)c3)cc2)cc1. The molecule has 0 aromatic heterocycles. The van der Waals surface area contributed by atoms with Crippen molar-refractivity contribution in [2.45, 2.75) is 20.5 Å². The van der Waals surface area contributed by atoms with Crippen molar-refractivity contribution in [2.24, 2.45) is 5.10 Å². The Morgan fingerprint density at radius 2 is 1.66 bits per heavy atom. The third kappa shape index (κ3) is 6.81. The van der Waals surface area contributed by atoms with E-state index in [1.807, 2.05) is 55.5 Å². The maximum absolute atomic E-state index is 11.8. The zero-order chi connectivity index (χ0) is 20.5. The van der Waals surface area contributed by atoms with Gasteiger partial charge >= 0.3 is 0 Å². The highest BCUT2D eigenvalue weighted by atomic mass is 16.5. The van der Waals surface area contributed by atoms with E-state index in [4.69, 9.17) is 9.47 Å². The summed E-state index contributed by atoms with van der Waals surface area (Å²) in [6, 6.07) is 23.3. The molecule has 0 fully saturated rings. The van der Waals surface area contributed by atoms with E-state index in [0.29, 0.717) is 12.4 Å². The van der Waals surface area contributed by atoms with Gasteiger partial charge < -0.3 is 9.47 Å². The molecule has 3 aromatic carbocycles. The summed E-state index contributed by atoms with van der Waals surface area (Å²) in [5, 5.41) is 3.96. The van der Waals surface area contributed by atoms with Crippen molar-refractivity contribution in [3.8, 4) is 11.5 Å². The number of rotatable bonds is 8. The molecule has 0 bridgehead atoms. The molecule has 0 unspecified atom stereocenters. The van der Waals surface area contributed by atoms with Gasteiger partial charge in [-0.15, -0.1) is 0 Å². The molecule has 0 atom stereocenters. The van der Waals surface area contributed by atoms with E-state index in [1.54, 1.807) is 6.21 Å². The van der Waals surface area contributed by atoms with Crippen molar-refractivity contribution in [1.29, 1.82) is 0 Å². The number of hydrogen-bond acceptors (Lipinski definition) is 4. The van der Waals surface area contributed by atoms with E-state index >= 15 is 0 Å². The van der Waals surface area contributed by atoms with Crippen LogP contribution in [0, 0.1) is 13.8 Å². The first-order chi connectivity index (χ1) is 14.1. The molecule has 3 rings (SSSR count). The molecular weight excluding hydrogens is 364 g/mol. The molecule has 0 saturated heterocycles. The molecule has 0 aliphatic carbocycles.